The van der Waals surface area contributed by atoms with Gasteiger partial charge in [0.25, 0.3) is 0 Å². The molecule has 1 nitrogen and oxygen atoms in total. The van der Waals surface area contributed by atoms with Crippen LogP contribution in [0.15, 0.2) is 21.1 Å². The van der Waals surface area contributed by atoms with Gasteiger partial charge in [0.05, 0.1) is 0 Å². The minimum Gasteiger partial charge on any atom is -0.323 e. The molecule has 1 saturated carbocycles. The molecule has 1 aromatic carbocycles. The van der Waals surface area contributed by atoms with Gasteiger partial charge in [-0.1, -0.05) is 58.5 Å². The maximum atomic E-state index is 6.75. The van der Waals surface area contributed by atoms with Crippen molar-refractivity contribution in [1.82, 2.24) is 0 Å². The van der Waals surface area contributed by atoms with E-state index >= 15 is 0 Å². The van der Waals surface area contributed by atoms with Gasteiger partial charge >= 0.3 is 0 Å². The summed E-state index contributed by atoms with van der Waals surface area (Å²) in [5, 5.41) is 0. The quantitative estimate of drug-likeness (QED) is 0.644. The Morgan fingerprint density at radius 1 is 1.15 bits per heavy atom. The molecule has 0 amide bonds. The summed E-state index contributed by atoms with van der Waals surface area (Å²) in [5.74, 6) is 0.701. The molecular formula is C17H25Br2N. The van der Waals surface area contributed by atoms with Gasteiger partial charge in [0.1, 0.15) is 0 Å². The van der Waals surface area contributed by atoms with Gasteiger partial charge in [0.15, 0.2) is 0 Å². The summed E-state index contributed by atoms with van der Waals surface area (Å²) in [6, 6.07) is 4.51. The average molecular weight is 403 g/mol. The summed E-state index contributed by atoms with van der Waals surface area (Å²) < 4.78 is 2.31. The summed E-state index contributed by atoms with van der Waals surface area (Å²) in [6.07, 6.45) is 6.41. The summed E-state index contributed by atoms with van der Waals surface area (Å²) >= 11 is 7.37. The minimum atomic E-state index is 0.124. The number of rotatable bonds is 4. The smallest absolute Gasteiger partial charge is 0.0363 e. The van der Waals surface area contributed by atoms with E-state index in [1.807, 2.05) is 0 Å². The molecule has 2 N–H and O–H groups in total. The van der Waals surface area contributed by atoms with Gasteiger partial charge in [0, 0.05) is 15.0 Å². The Labute approximate surface area is 140 Å². The topological polar surface area (TPSA) is 26.0 Å². The molecule has 1 atom stereocenters. The second kappa shape index (κ2) is 6.50. The van der Waals surface area contributed by atoms with E-state index in [0.717, 1.165) is 8.95 Å². The monoisotopic (exact) mass is 401 g/mol. The molecule has 0 heterocycles. The van der Waals surface area contributed by atoms with Gasteiger partial charge in [-0.05, 0) is 60.8 Å². The van der Waals surface area contributed by atoms with Crippen molar-refractivity contribution in [3.63, 3.8) is 0 Å². The molecular weight excluding hydrogens is 378 g/mol. The van der Waals surface area contributed by atoms with Gasteiger partial charge in [-0.15, -0.1) is 0 Å². The highest BCUT2D eigenvalue weighted by Gasteiger charge is 2.41. The van der Waals surface area contributed by atoms with Crippen LogP contribution in [-0.2, 0) is 0 Å². The van der Waals surface area contributed by atoms with Crippen LogP contribution in [0.5, 0.6) is 0 Å². The molecule has 112 valence electrons. The third-order valence-corrected chi connectivity index (χ3v) is 6.23. The Bertz CT molecular complexity index is 476. The van der Waals surface area contributed by atoms with Crippen LogP contribution in [0.4, 0.5) is 0 Å². The lowest BCUT2D eigenvalue weighted by molar-refractivity contribution is 0.183. The first kappa shape index (κ1) is 16.5. The maximum absolute atomic E-state index is 6.75. The van der Waals surface area contributed by atoms with Gasteiger partial charge in [-0.25, -0.2) is 0 Å². The summed E-state index contributed by atoms with van der Waals surface area (Å²) in [7, 11) is 0. The molecule has 0 aromatic heterocycles. The number of hydrogen-bond donors (Lipinski definition) is 1. The van der Waals surface area contributed by atoms with Crippen molar-refractivity contribution >= 4 is 31.9 Å². The largest absolute Gasteiger partial charge is 0.323 e. The SMILES string of the molecule is Cc1cc(Br)c(C(N)C2(CC(C)C)CCCC2)cc1Br. The van der Waals surface area contributed by atoms with E-state index in [9.17, 15) is 0 Å². The van der Waals surface area contributed by atoms with Crippen LogP contribution in [0, 0.1) is 18.3 Å². The van der Waals surface area contributed by atoms with Crippen molar-refractivity contribution in [1.29, 1.82) is 0 Å². The predicted molar refractivity (Wildman–Crippen MR) is 93.9 cm³/mol. The van der Waals surface area contributed by atoms with Crippen molar-refractivity contribution in [3.8, 4) is 0 Å². The van der Waals surface area contributed by atoms with Crippen LogP contribution < -0.4 is 5.73 Å². The van der Waals surface area contributed by atoms with Crippen LogP contribution >= 0.6 is 31.9 Å². The maximum Gasteiger partial charge on any atom is 0.0363 e. The first-order chi connectivity index (χ1) is 9.35. The van der Waals surface area contributed by atoms with E-state index < -0.39 is 0 Å². The molecule has 0 saturated heterocycles. The Kier molecular flexibility index (Phi) is 5.36. The van der Waals surface area contributed by atoms with E-state index in [0.29, 0.717) is 5.92 Å². The lowest BCUT2D eigenvalue weighted by Crippen LogP contribution is -2.34. The molecule has 3 heteroatoms. The molecule has 0 aliphatic heterocycles. The van der Waals surface area contributed by atoms with Crippen molar-refractivity contribution in [3.05, 3.63) is 32.2 Å². The van der Waals surface area contributed by atoms with E-state index in [-0.39, 0.29) is 11.5 Å². The van der Waals surface area contributed by atoms with Gasteiger partial charge in [0.2, 0.25) is 0 Å². The fourth-order valence-electron chi connectivity index (χ4n) is 3.76. The molecule has 1 unspecified atom stereocenters. The lowest BCUT2D eigenvalue weighted by atomic mass is 9.71. The van der Waals surface area contributed by atoms with Crippen LogP contribution in [0.25, 0.3) is 0 Å². The average Bonchev–Trinajstić information content (AvgIpc) is 2.81. The molecule has 20 heavy (non-hydrogen) atoms. The van der Waals surface area contributed by atoms with Crippen LogP contribution in [-0.4, -0.2) is 0 Å². The highest BCUT2D eigenvalue weighted by atomic mass is 79.9. The lowest BCUT2D eigenvalue weighted by Gasteiger charge is -2.38. The Morgan fingerprint density at radius 2 is 1.75 bits per heavy atom. The number of hydrogen-bond acceptors (Lipinski definition) is 1. The molecule has 0 bridgehead atoms. The number of aryl methyl sites for hydroxylation is 1. The zero-order valence-electron chi connectivity index (χ0n) is 12.7. The van der Waals surface area contributed by atoms with Crippen LogP contribution in [0.2, 0.25) is 0 Å². The molecule has 2 rings (SSSR count). The van der Waals surface area contributed by atoms with Crippen molar-refractivity contribution < 1.29 is 0 Å². The second-order valence-electron chi connectivity index (χ2n) is 6.77. The molecule has 1 aliphatic rings. The third-order valence-electron chi connectivity index (χ3n) is 4.69. The first-order valence-electron chi connectivity index (χ1n) is 7.57. The Morgan fingerprint density at radius 3 is 2.30 bits per heavy atom. The molecule has 1 aliphatic carbocycles. The third kappa shape index (κ3) is 3.31. The van der Waals surface area contributed by atoms with Crippen molar-refractivity contribution in [2.45, 2.75) is 58.9 Å². The van der Waals surface area contributed by atoms with E-state index in [1.165, 1.54) is 43.2 Å². The summed E-state index contributed by atoms with van der Waals surface area (Å²) in [6.45, 7) is 6.74. The van der Waals surface area contributed by atoms with E-state index in [1.54, 1.807) is 0 Å². The second-order valence-corrected chi connectivity index (χ2v) is 8.48. The normalized spacial score (nSPS) is 19.6. The Hall–Kier alpha value is 0.140. The molecule has 0 radical (unpaired) electrons. The van der Waals surface area contributed by atoms with E-state index in [4.69, 9.17) is 5.73 Å². The first-order valence-corrected chi connectivity index (χ1v) is 9.15. The zero-order chi connectivity index (χ0) is 14.9. The van der Waals surface area contributed by atoms with Gasteiger partial charge < -0.3 is 5.73 Å². The van der Waals surface area contributed by atoms with Crippen LogP contribution in [0.3, 0.4) is 0 Å². The zero-order valence-corrected chi connectivity index (χ0v) is 15.9. The highest BCUT2D eigenvalue weighted by Crippen LogP contribution is 2.51. The highest BCUT2D eigenvalue weighted by molar-refractivity contribution is 9.11. The van der Waals surface area contributed by atoms with Gasteiger partial charge in [-0.2, -0.15) is 0 Å². The Balaban J connectivity index is 2.37. The van der Waals surface area contributed by atoms with Gasteiger partial charge in [-0.3, -0.25) is 0 Å². The van der Waals surface area contributed by atoms with Crippen LogP contribution in [0.1, 0.15) is 63.1 Å². The molecule has 0 spiro atoms. The van der Waals surface area contributed by atoms with Crippen molar-refractivity contribution in [2.24, 2.45) is 17.1 Å². The predicted octanol–water partition coefficient (Wildman–Crippen LogP) is 6.13. The summed E-state index contributed by atoms with van der Waals surface area (Å²) in [5.41, 5.74) is 9.54. The summed E-state index contributed by atoms with van der Waals surface area (Å²) in [4.78, 5) is 0. The molecule has 1 fully saturated rings. The molecule has 1 aromatic rings. The number of benzene rings is 1. The van der Waals surface area contributed by atoms with Crippen molar-refractivity contribution in [2.75, 3.05) is 0 Å². The minimum absolute atomic E-state index is 0.124. The standard InChI is InChI=1S/C17H25Br2N/c1-11(2)10-17(6-4-5-7-17)16(20)13-9-14(18)12(3)8-15(13)19/h8-9,11,16H,4-7,10,20H2,1-3H3. The fourth-order valence-corrected chi connectivity index (χ4v) is 4.83. The number of halogens is 2. The van der Waals surface area contributed by atoms with E-state index in [2.05, 4.69) is 64.8 Å². The number of nitrogens with two attached hydrogens (primary N) is 1. The fraction of sp³-hybridized carbons (Fsp3) is 0.647.